The van der Waals surface area contributed by atoms with E-state index in [9.17, 15) is 9.59 Å². The lowest BCUT2D eigenvalue weighted by molar-refractivity contribution is 0.0743. The summed E-state index contributed by atoms with van der Waals surface area (Å²) < 4.78 is 7.31. The summed E-state index contributed by atoms with van der Waals surface area (Å²) in [5.41, 5.74) is 0.849. The van der Waals surface area contributed by atoms with E-state index in [2.05, 4.69) is 9.97 Å². The van der Waals surface area contributed by atoms with E-state index in [-0.39, 0.29) is 22.5 Å². The minimum Gasteiger partial charge on any atom is -0.379 e. The lowest BCUT2D eigenvalue weighted by Gasteiger charge is -2.17. The number of rotatable bonds is 8. The summed E-state index contributed by atoms with van der Waals surface area (Å²) in [7, 11) is 0. The Labute approximate surface area is 200 Å². The first-order chi connectivity index (χ1) is 15.8. The van der Waals surface area contributed by atoms with Crippen LogP contribution in [-0.2, 0) is 11.3 Å². The van der Waals surface area contributed by atoms with Crippen molar-refractivity contribution in [2.24, 2.45) is 0 Å². The van der Waals surface area contributed by atoms with Gasteiger partial charge in [-0.2, -0.15) is 0 Å². The highest BCUT2D eigenvalue weighted by Gasteiger charge is 2.18. The molecule has 4 aromatic rings. The zero-order valence-electron chi connectivity index (χ0n) is 18.7. The molecule has 2 aromatic heterocycles. The molecule has 0 bridgehead atoms. The fraction of sp³-hybridized carbons (Fsp3) is 0.333. The predicted octanol–water partition coefficient (Wildman–Crippen LogP) is 4.95. The largest absolute Gasteiger partial charge is 0.379 e. The second kappa shape index (κ2) is 10.1. The summed E-state index contributed by atoms with van der Waals surface area (Å²) in [6, 6.07) is 12.3. The Bertz CT molecular complexity index is 1420. The van der Waals surface area contributed by atoms with Crippen LogP contribution in [-0.4, -0.2) is 32.2 Å². The fourth-order valence-electron chi connectivity index (χ4n) is 3.51. The minimum absolute atomic E-state index is 0.128. The molecule has 0 radical (unpaired) electrons. The van der Waals surface area contributed by atoms with E-state index >= 15 is 0 Å². The van der Waals surface area contributed by atoms with Gasteiger partial charge in [-0.05, 0) is 57.5 Å². The molecule has 1 atom stereocenters. The number of fused-ring (bicyclic) bond motifs is 2. The number of hydrogen-bond donors (Lipinski definition) is 1. The number of halogens is 1. The lowest BCUT2D eigenvalue weighted by atomic mass is 10.2. The Hall–Kier alpha value is -2.68. The molecule has 1 unspecified atom stereocenters. The molecule has 0 spiro atoms. The van der Waals surface area contributed by atoms with Crippen LogP contribution < -0.4 is 11.1 Å². The summed E-state index contributed by atoms with van der Waals surface area (Å²) in [4.78, 5) is 38.0. The third kappa shape index (κ3) is 5.29. The van der Waals surface area contributed by atoms with Crippen molar-refractivity contribution in [3.05, 3.63) is 74.0 Å². The average molecular weight is 485 g/mol. The van der Waals surface area contributed by atoms with Gasteiger partial charge in [0.15, 0.2) is 5.16 Å². The minimum atomic E-state index is -0.246. The maximum atomic E-state index is 13.3. The molecule has 1 N–H and O–H groups in total. The summed E-state index contributed by atoms with van der Waals surface area (Å²) in [6.07, 6.45) is 0.801. The number of nitrogens with zero attached hydrogens (tertiary/aromatic N) is 3. The molecular weight excluding hydrogens is 460 g/mol. The topological polar surface area (TPSA) is 89.9 Å². The molecule has 0 fully saturated rings. The molecule has 2 heterocycles. The first kappa shape index (κ1) is 23.5. The van der Waals surface area contributed by atoms with Gasteiger partial charge in [0.05, 0.1) is 33.2 Å². The van der Waals surface area contributed by atoms with E-state index in [1.165, 1.54) is 11.8 Å². The summed E-state index contributed by atoms with van der Waals surface area (Å²) in [5, 5.41) is 1.87. The summed E-state index contributed by atoms with van der Waals surface area (Å²) in [5.74, 6) is 0.527. The highest BCUT2D eigenvalue weighted by Crippen LogP contribution is 2.32. The number of aromatic nitrogens is 4. The number of para-hydroxylation sites is 1. The van der Waals surface area contributed by atoms with Crippen molar-refractivity contribution in [2.45, 2.75) is 50.2 Å². The zero-order valence-corrected chi connectivity index (χ0v) is 20.2. The number of hydrogen-bond acceptors (Lipinski definition) is 6. The van der Waals surface area contributed by atoms with Crippen LogP contribution in [0.5, 0.6) is 0 Å². The lowest BCUT2D eigenvalue weighted by Crippen LogP contribution is -2.24. The molecule has 0 saturated heterocycles. The van der Waals surface area contributed by atoms with Gasteiger partial charge >= 0.3 is 0 Å². The standard InChI is InChI=1S/C24H25ClN4O3S/c1-14(2)32-12-6-11-29-23(31)18-10-9-16(25)13-20(18)27-24(29)33-15(3)21-26-19-8-5-4-7-17(19)22(30)28-21/h4-5,7-10,13-15H,6,11-12H2,1-3H3,(H,26,28,30). The maximum Gasteiger partial charge on any atom is 0.262 e. The Morgan fingerprint density at radius 3 is 2.64 bits per heavy atom. The number of thioether (sulfide) groups is 1. The first-order valence-electron chi connectivity index (χ1n) is 10.8. The van der Waals surface area contributed by atoms with Gasteiger partial charge in [0, 0.05) is 18.2 Å². The summed E-state index contributed by atoms with van der Waals surface area (Å²) in [6.45, 7) is 6.90. The smallest absolute Gasteiger partial charge is 0.262 e. The van der Waals surface area contributed by atoms with E-state index in [1.54, 1.807) is 28.8 Å². The quantitative estimate of drug-likeness (QED) is 0.216. The Morgan fingerprint density at radius 1 is 1.06 bits per heavy atom. The molecule has 0 amide bonds. The summed E-state index contributed by atoms with van der Waals surface area (Å²) >= 11 is 7.52. The second-order valence-electron chi connectivity index (χ2n) is 8.01. The molecule has 7 nitrogen and oxygen atoms in total. The number of ether oxygens (including phenoxy) is 1. The Balaban J connectivity index is 1.71. The molecule has 2 aromatic carbocycles. The number of aromatic amines is 1. The second-order valence-corrected chi connectivity index (χ2v) is 9.76. The molecule has 0 saturated carbocycles. The first-order valence-corrected chi connectivity index (χ1v) is 12.1. The molecule has 0 aliphatic carbocycles. The van der Waals surface area contributed by atoms with E-state index in [1.807, 2.05) is 39.0 Å². The van der Waals surface area contributed by atoms with E-state index < -0.39 is 0 Å². The van der Waals surface area contributed by atoms with E-state index in [0.29, 0.717) is 57.4 Å². The molecular formula is C24H25ClN4O3S. The van der Waals surface area contributed by atoms with Crippen molar-refractivity contribution >= 4 is 45.2 Å². The van der Waals surface area contributed by atoms with Gasteiger partial charge in [0.25, 0.3) is 11.1 Å². The van der Waals surface area contributed by atoms with E-state index in [0.717, 1.165) is 0 Å². The van der Waals surface area contributed by atoms with Gasteiger partial charge in [-0.15, -0.1) is 0 Å². The van der Waals surface area contributed by atoms with Crippen LogP contribution in [0.3, 0.4) is 0 Å². The van der Waals surface area contributed by atoms with Crippen LogP contribution in [0.1, 0.15) is 38.3 Å². The monoisotopic (exact) mass is 484 g/mol. The van der Waals surface area contributed by atoms with Crippen molar-refractivity contribution in [1.82, 2.24) is 19.5 Å². The van der Waals surface area contributed by atoms with Crippen LogP contribution in [0.4, 0.5) is 0 Å². The molecule has 172 valence electrons. The third-order valence-electron chi connectivity index (χ3n) is 5.16. The van der Waals surface area contributed by atoms with Gasteiger partial charge in [0.1, 0.15) is 5.82 Å². The van der Waals surface area contributed by atoms with Crippen molar-refractivity contribution < 1.29 is 4.74 Å². The SMILES string of the molecule is CC(C)OCCCn1c(SC(C)c2nc3ccccc3c(=O)[nH]2)nc2cc(Cl)ccc2c1=O. The molecule has 9 heteroatoms. The zero-order chi connectivity index (χ0) is 23.5. The number of nitrogens with one attached hydrogen (secondary N) is 1. The van der Waals surface area contributed by atoms with Gasteiger partial charge in [-0.25, -0.2) is 9.97 Å². The molecule has 4 rings (SSSR count). The van der Waals surface area contributed by atoms with Crippen molar-refractivity contribution in [1.29, 1.82) is 0 Å². The fourth-order valence-corrected chi connectivity index (χ4v) is 4.67. The molecule has 33 heavy (non-hydrogen) atoms. The average Bonchev–Trinajstić information content (AvgIpc) is 2.78. The molecule has 0 aliphatic heterocycles. The maximum absolute atomic E-state index is 13.3. The third-order valence-corrected chi connectivity index (χ3v) is 6.49. The number of H-pyrrole nitrogens is 1. The van der Waals surface area contributed by atoms with Gasteiger partial charge in [-0.3, -0.25) is 14.2 Å². The highest BCUT2D eigenvalue weighted by atomic mass is 35.5. The van der Waals surface area contributed by atoms with Gasteiger partial charge in [-0.1, -0.05) is 35.5 Å². The number of benzene rings is 2. The van der Waals surface area contributed by atoms with Crippen molar-refractivity contribution in [2.75, 3.05) is 6.61 Å². The van der Waals surface area contributed by atoms with Gasteiger partial charge < -0.3 is 9.72 Å². The highest BCUT2D eigenvalue weighted by molar-refractivity contribution is 7.99. The van der Waals surface area contributed by atoms with Crippen LogP contribution in [0.15, 0.2) is 57.2 Å². The normalized spacial score (nSPS) is 12.6. The van der Waals surface area contributed by atoms with Gasteiger partial charge in [0.2, 0.25) is 0 Å². The Morgan fingerprint density at radius 2 is 1.85 bits per heavy atom. The van der Waals surface area contributed by atoms with Crippen molar-refractivity contribution in [3.8, 4) is 0 Å². The van der Waals surface area contributed by atoms with Crippen LogP contribution in [0, 0.1) is 0 Å². The molecule has 0 aliphatic rings. The van der Waals surface area contributed by atoms with Crippen LogP contribution in [0.25, 0.3) is 21.8 Å². The van der Waals surface area contributed by atoms with E-state index in [4.69, 9.17) is 21.3 Å². The Kier molecular flexibility index (Phi) is 7.17. The van der Waals surface area contributed by atoms with Crippen LogP contribution in [0.2, 0.25) is 5.02 Å². The predicted molar refractivity (Wildman–Crippen MR) is 133 cm³/mol. The van der Waals surface area contributed by atoms with Crippen molar-refractivity contribution in [3.63, 3.8) is 0 Å². The van der Waals surface area contributed by atoms with Crippen LogP contribution >= 0.6 is 23.4 Å².